The number of hydrogen-bond donors (Lipinski definition) is 1. The number of carbonyl (C=O) groups excluding carboxylic acids is 1. The van der Waals surface area contributed by atoms with Gasteiger partial charge in [-0.2, -0.15) is 0 Å². The van der Waals surface area contributed by atoms with Crippen molar-refractivity contribution in [3.63, 3.8) is 0 Å². The molecule has 0 aromatic carbocycles. The molecule has 0 aromatic heterocycles. The molecule has 6 nitrogen and oxygen atoms in total. The van der Waals surface area contributed by atoms with Crippen molar-refractivity contribution in [1.82, 2.24) is 0 Å². The molecule has 0 amide bonds. The molecular weight excluding hydrogens is 500 g/mol. The number of aliphatic hydroxyl groups is 1. The SMILES string of the molecule is C=C[C@@H](CO[Si](C)(C)C(C)(C)C)[C@@H](O)[C@H](CO[Si](C)(C)C(C)(C)C)[C@H](C)[C@]1(C)O[C@@H]1[C@@H](C)COC(C)=O. The minimum absolute atomic E-state index is 0.00682. The third kappa shape index (κ3) is 8.74. The molecule has 0 aromatic rings. The Balaban J connectivity index is 3.17. The van der Waals surface area contributed by atoms with E-state index in [4.69, 9.17) is 18.3 Å². The summed E-state index contributed by atoms with van der Waals surface area (Å²) >= 11 is 0. The van der Waals surface area contributed by atoms with E-state index in [0.29, 0.717) is 19.8 Å². The van der Waals surface area contributed by atoms with Crippen LogP contribution in [0.25, 0.3) is 0 Å². The van der Waals surface area contributed by atoms with Crippen molar-refractivity contribution in [3.05, 3.63) is 12.7 Å². The molecule has 1 heterocycles. The van der Waals surface area contributed by atoms with Gasteiger partial charge in [-0.15, -0.1) is 6.58 Å². The van der Waals surface area contributed by atoms with Crippen LogP contribution in [0.2, 0.25) is 36.3 Å². The fourth-order valence-electron chi connectivity index (χ4n) is 4.25. The Bertz CT molecular complexity index is 769. The fourth-order valence-corrected chi connectivity index (χ4v) is 6.34. The summed E-state index contributed by atoms with van der Waals surface area (Å²) in [6, 6.07) is 0. The lowest BCUT2D eigenvalue weighted by Gasteiger charge is -2.41. The van der Waals surface area contributed by atoms with Crippen LogP contribution < -0.4 is 0 Å². The minimum Gasteiger partial charge on any atom is -0.465 e. The zero-order chi connectivity index (χ0) is 29.2. The summed E-state index contributed by atoms with van der Waals surface area (Å²) in [6.45, 7) is 35.3. The number of aliphatic hydroxyl groups excluding tert-OH is 1. The summed E-state index contributed by atoms with van der Waals surface area (Å²) in [4.78, 5) is 11.3. The maximum absolute atomic E-state index is 11.8. The summed E-state index contributed by atoms with van der Waals surface area (Å²) < 4.78 is 24.7. The van der Waals surface area contributed by atoms with Gasteiger partial charge in [0.25, 0.3) is 0 Å². The highest BCUT2D eigenvalue weighted by Gasteiger charge is 2.61. The van der Waals surface area contributed by atoms with Crippen LogP contribution in [0.5, 0.6) is 0 Å². The molecule has 1 aliphatic heterocycles. The number of esters is 1. The summed E-state index contributed by atoms with van der Waals surface area (Å²) in [7, 11) is -4.02. The second-order valence-corrected chi connectivity index (χ2v) is 24.1. The number of epoxide rings is 1. The summed E-state index contributed by atoms with van der Waals surface area (Å²) in [5.41, 5.74) is -0.436. The Labute approximate surface area is 230 Å². The van der Waals surface area contributed by atoms with E-state index in [-0.39, 0.29) is 45.8 Å². The molecular formula is C29H58O6Si2. The molecule has 7 atom stereocenters. The van der Waals surface area contributed by atoms with Gasteiger partial charge in [0.1, 0.15) is 0 Å². The first-order valence-corrected chi connectivity index (χ1v) is 19.7. The summed E-state index contributed by atoms with van der Waals surface area (Å²) in [6.07, 6.45) is 1.10. The van der Waals surface area contributed by atoms with Crippen LogP contribution >= 0.6 is 0 Å². The predicted octanol–water partition coefficient (Wildman–Crippen LogP) is 6.80. The van der Waals surface area contributed by atoms with E-state index < -0.39 is 28.3 Å². The molecule has 0 bridgehead atoms. The van der Waals surface area contributed by atoms with Gasteiger partial charge in [0, 0.05) is 37.9 Å². The Morgan fingerprint density at radius 2 is 1.46 bits per heavy atom. The van der Waals surface area contributed by atoms with Crippen molar-refractivity contribution in [3.8, 4) is 0 Å². The van der Waals surface area contributed by atoms with Crippen LogP contribution in [0, 0.1) is 23.7 Å². The average Bonchev–Trinajstić information content (AvgIpc) is 3.43. The second-order valence-electron chi connectivity index (χ2n) is 14.5. The molecule has 1 aliphatic rings. The topological polar surface area (TPSA) is 77.5 Å². The maximum atomic E-state index is 11.8. The van der Waals surface area contributed by atoms with Gasteiger partial charge in [-0.25, -0.2) is 0 Å². The predicted molar refractivity (Wildman–Crippen MR) is 158 cm³/mol. The van der Waals surface area contributed by atoms with Crippen molar-refractivity contribution < 1.29 is 28.2 Å². The quantitative estimate of drug-likeness (QED) is 0.109. The molecule has 0 saturated carbocycles. The lowest BCUT2D eigenvalue weighted by Crippen LogP contribution is -2.48. The van der Waals surface area contributed by atoms with Crippen LogP contribution in [0.1, 0.15) is 69.2 Å². The number of carbonyl (C=O) groups is 1. The van der Waals surface area contributed by atoms with Crippen LogP contribution in [0.4, 0.5) is 0 Å². The number of hydrogen-bond acceptors (Lipinski definition) is 6. The monoisotopic (exact) mass is 558 g/mol. The smallest absolute Gasteiger partial charge is 0.302 e. The minimum atomic E-state index is -2.04. The number of rotatable bonds is 14. The largest absolute Gasteiger partial charge is 0.465 e. The summed E-state index contributed by atoms with van der Waals surface area (Å²) in [5.74, 6) is -0.603. The molecule has 0 unspecified atom stereocenters. The fraction of sp³-hybridized carbons (Fsp3) is 0.897. The molecule has 0 aliphatic carbocycles. The first-order valence-electron chi connectivity index (χ1n) is 13.9. The van der Waals surface area contributed by atoms with Gasteiger partial charge in [0.05, 0.1) is 24.4 Å². The zero-order valence-electron chi connectivity index (χ0n) is 26.4. The van der Waals surface area contributed by atoms with Crippen LogP contribution in [0.15, 0.2) is 12.7 Å². The Morgan fingerprint density at radius 3 is 1.86 bits per heavy atom. The molecule has 0 radical (unpaired) electrons. The highest BCUT2D eigenvalue weighted by atomic mass is 28.4. The first-order chi connectivity index (χ1) is 16.5. The Kier molecular flexibility index (Phi) is 11.5. The average molecular weight is 559 g/mol. The van der Waals surface area contributed by atoms with E-state index in [2.05, 4.69) is 88.2 Å². The molecule has 0 spiro atoms. The van der Waals surface area contributed by atoms with Crippen LogP contribution in [-0.2, 0) is 23.1 Å². The van der Waals surface area contributed by atoms with E-state index in [0.717, 1.165) is 0 Å². The number of ether oxygens (including phenoxy) is 2. The van der Waals surface area contributed by atoms with Crippen molar-refractivity contribution in [2.45, 2.75) is 123 Å². The molecule has 8 heteroatoms. The van der Waals surface area contributed by atoms with E-state index in [9.17, 15) is 9.90 Å². The lowest BCUT2D eigenvalue weighted by molar-refractivity contribution is -0.142. The van der Waals surface area contributed by atoms with Gasteiger partial charge in [-0.1, -0.05) is 61.5 Å². The highest BCUT2D eigenvalue weighted by molar-refractivity contribution is 6.74. The van der Waals surface area contributed by atoms with E-state index in [1.165, 1.54) is 6.92 Å². The van der Waals surface area contributed by atoms with Gasteiger partial charge in [-0.05, 0) is 49.1 Å². The molecule has 1 fully saturated rings. The van der Waals surface area contributed by atoms with Gasteiger partial charge < -0.3 is 23.4 Å². The van der Waals surface area contributed by atoms with Crippen LogP contribution in [0.3, 0.4) is 0 Å². The van der Waals surface area contributed by atoms with E-state index in [1.807, 2.05) is 13.0 Å². The Hall–Kier alpha value is -0.516. The second kappa shape index (κ2) is 12.3. The molecule has 218 valence electrons. The molecule has 37 heavy (non-hydrogen) atoms. The normalized spacial score (nSPS) is 25.1. The third-order valence-corrected chi connectivity index (χ3v) is 18.6. The molecule has 1 rings (SSSR count). The summed E-state index contributed by atoms with van der Waals surface area (Å²) in [5, 5.41) is 12.0. The zero-order valence-corrected chi connectivity index (χ0v) is 28.4. The third-order valence-electron chi connectivity index (χ3n) is 9.57. The van der Waals surface area contributed by atoms with Gasteiger partial charge >= 0.3 is 5.97 Å². The standard InChI is InChI=1S/C29H58O6Si2/c1-16-23(18-33-36(12,13)27(5,6)7)25(31)24(19-34-37(14,15)28(8,9)10)21(3)29(11)26(35-29)20(2)17-32-22(4)30/h16,20-21,23-26,31H,1,17-19H2,2-15H3/t20-,21-,23-,24+,25+,26+,29-/m0/s1. The van der Waals surface area contributed by atoms with Gasteiger partial charge in [0.15, 0.2) is 16.6 Å². The van der Waals surface area contributed by atoms with Gasteiger partial charge in [-0.3, -0.25) is 4.79 Å². The van der Waals surface area contributed by atoms with Crippen molar-refractivity contribution in [1.29, 1.82) is 0 Å². The molecule has 1 saturated heterocycles. The lowest BCUT2D eigenvalue weighted by atomic mass is 9.75. The molecule has 1 N–H and O–H groups in total. The van der Waals surface area contributed by atoms with Crippen LogP contribution in [-0.4, -0.2) is 65.3 Å². The van der Waals surface area contributed by atoms with Crippen molar-refractivity contribution in [2.24, 2.45) is 23.7 Å². The van der Waals surface area contributed by atoms with Crippen molar-refractivity contribution >= 4 is 22.6 Å². The van der Waals surface area contributed by atoms with Gasteiger partial charge in [0.2, 0.25) is 0 Å². The van der Waals surface area contributed by atoms with E-state index >= 15 is 0 Å². The van der Waals surface area contributed by atoms with E-state index in [1.54, 1.807) is 0 Å². The Morgan fingerprint density at radius 1 is 1.00 bits per heavy atom. The first kappa shape index (κ1) is 34.5. The highest BCUT2D eigenvalue weighted by Crippen LogP contribution is 2.51. The van der Waals surface area contributed by atoms with Crippen molar-refractivity contribution in [2.75, 3.05) is 19.8 Å². The maximum Gasteiger partial charge on any atom is 0.302 e.